The smallest absolute Gasteiger partial charge is 0.120 e. The topological polar surface area (TPSA) is 3.24 Å². The van der Waals surface area contributed by atoms with Gasteiger partial charge in [-0.25, -0.2) is 4.39 Å². The second kappa shape index (κ2) is 5.40. The molecule has 1 atom stereocenters. The number of hydrogen-bond acceptors (Lipinski definition) is 1. The average molecular weight is 249 g/mol. The molecule has 0 aliphatic carbocycles. The van der Waals surface area contributed by atoms with Gasteiger partial charge in [0.1, 0.15) is 5.67 Å². The van der Waals surface area contributed by atoms with Gasteiger partial charge in [-0.05, 0) is 43.4 Å². The average Bonchev–Trinajstić information content (AvgIpc) is 2.28. The first-order chi connectivity index (χ1) is 8.46. The molecule has 1 saturated heterocycles. The van der Waals surface area contributed by atoms with Crippen LogP contribution in [0.5, 0.6) is 0 Å². The first-order valence-electron chi connectivity index (χ1n) is 6.96. The summed E-state index contributed by atoms with van der Waals surface area (Å²) in [6.07, 6.45) is 1.67. The van der Waals surface area contributed by atoms with Crippen LogP contribution < -0.4 is 0 Å². The van der Waals surface area contributed by atoms with Crippen molar-refractivity contribution in [2.75, 3.05) is 13.1 Å². The quantitative estimate of drug-likeness (QED) is 0.778. The van der Waals surface area contributed by atoms with E-state index in [1.165, 1.54) is 11.1 Å². The zero-order valence-corrected chi connectivity index (χ0v) is 11.7. The highest BCUT2D eigenvalue weighted by Gasteiger charge is 2.30. The van der Waals surface area contributed by atoms with Crippen LogP contribution >= 0.6 is 0 Å². The van der Waals surface area contributed by atoms with E-state index in [1.54, 1.807) is 6.92 Å². The molecule has 0 saturated carbocycles. The lowest BCUT2D eigenvalue weighted by molar-refractivity contribution is 0.0563. The number of hydrogen-bond donors (Lipinski definition) is 0. The minimum Gasteiger partial charge on any atom is -0.296 e. The van der Waals surface area contributed by atoms with E-state index in [4.69, 9.17) is 0 Å². The Kier molecular flexibility index (Phi) is 4.06. The normalized spacial score (nSPS) is 25.6. The highest BCUT2D eigenvalue weighted by Crippen LogP contribution is 2.25. The van der Waals surface area contributed by atoms with Gasteiger partial charge in [0.2, 0.25) is 0 Å². The molecule has 1 unspecified atom stereocenters. The van der Waals surface area contributed by atoms with Crippen LogP contribution in [-0.4, -0.2) is 23.7 Å². The lowest BCUT2D eigenvalue weighted by atomic mass is 9.96. The Bertz CT molecular complexity index is 381. The Labute approximate surface area is 110 Å². The molecule has 0 radical (unpaired) electrons. The number of benzene rings is 1. The SMILES string of the molecule is CC(C)c1ccc(CN2CCCC(C)(F)C2)cc1. The Morgan fingerprint density at radius 2 is 1.94 bits per heavy atom. The van der Waals surface area contributed by atoms with Crippen LogP contribution in [0.1, 0.15) is 50.7 Å². The van der Waals surface area contributed by atoms with E-state index in [1.807, 2.05) is 0 Å². The van der Waals surface area contributed by atoms with Crippen molar-refractivity contribution in [3.63, 3.8) is 0 Å². The van der Waals surface area contributed by atoms with Crippen molar-refractivity contribution in [3.8, 4) is 0 Å². The van der Waals surface area contributed by atoms with Gasteiger partial charge in [-0.2, -0.15) is 0 Å². The Hall–Kier alpha value is -0.890. The van der Waals surface area contributed by atoms with E-state index in [-0.39, 0.29) is 0 Å². The summed E-state index contributed by atoms with van der Waals surface area (Å²) in [4.78, 5) is 2.23. The third-order valence-corrected chi connectivity index (χ3v) is 3.78. The monoisotopic (exact) mass is 249 g/mol. The van der Waals surface area contributed by atoms with Crippen molar-refractivity contribution >= 4 is 0 Å². The van der Waals surface area contributed by atoms with Crippen LogP contribution in [0, 0.1) is 0 Å². The molecule has 18 heavy (non-hydrogen) atoms. The van der Waals surface area contributed by atoms with Gasteiger partial charge in [-0.1, -0.05) is 38.1 Å². The summed E-state index contributed by atoms with van der Waals surface area (Å²) in [7, 11) is 0. The number of halogens is 1. The van der Waals surface area contributed by atoms with Gasteiger partial charge in [0, 0.05) is 13.1 Å². The summed E-state index contributed by atoms with van der Waals surface area (Å²) in [5.41, 5.74) is 1.65. The fourth-order valence-corrected chi connectivity index (χ4v) is 2.70. The number of likely N-dealkylation sites (tertiary alicyclic amines) is 1. The molecule has 1 heterocycles. The maximum absolute atomic E-state index is 14.0. The molecule has 100 valence electrons. The van der Waals surface area contributed by atoms with E-state index in [9.17, 15) is 4.39 Å². The number of rotatable bonds is 3. The molecule has 1 aliphatic rings. The molecule has 0 amide bonds. The van der Waals surface area contributed by atoms with Crippen molar-refractivity contribution in [2.45, 2.75) is 51.7 Å². The summed E-state index contributed by atoms with van der Waals surface area (Å²) in [6.45, 7) is 8.59. The molecule has 1 nitrogen and oxygen atoms in total. The molecule has 1 aromatic rings. The lowest BCUT2D eigenvalue weighted by Crippen LogP contribution is -2.42. The fourth-order valence-electron chi connectivity index (χ4n) is 2.70. The molecule has 1 fully saturated rings. The predicted octanol–water partition coefficient (Wildman–Crippen LogP) is 4.13. The summed E-state index contributed by atoms with van der Waals surface area (Å²) < 4.78 is 14.0. The van der Waals surface area contributed by atoms with Gasteiger partial charge in [0.25, 0.3) is 0 Å². The van der Waals surface area contributed by atoms with Gasteiger partial charge in [0.05, 0.1) is 0 Å². The molecule has 1 aromatic carbocycles. The van der Waals surface area contributed by atoms with E-state index in [2.05, 4.69) is 43.0 Å². The molecule has 0 N–H and O–H groups in total. The van der Waals surface area contributed by atoms with Gasteiger partial charge in [-0.3, -0.25) is 4.90 Å². The third-order valence-electron chi connectivity index (χ3n) is 3.78. The molecule has 0 aromatic heterocycles. The van der Waals surface area contributed by atoms with Crippen LogP contribution in [0.25, 0.3) is 0 Å². The van der Waals surface area contributed by atoms with Crippen molar-refractivity contribution < 1.29 is 4.39 Å². The van der Waals surface area contributed by atoms with Crippen LogP contribution in [0.15, 0.2) is 24.3 Å². The van der Waals surface area contributed by atoms with Gasteiger partial charge >= 0.3 is 0 Å². The molecule has 0 bridgehead atoms. The van der Waals surface area contributed by atoms with Crippen molar-refractivity contribution in [2.24, 2.45) is 0 Å². The number of alkyl halides is 1. The zero-order valence-electron chi connectivity index (χ0n) is 11.7. The van der Waals surface area contributed by atoms with Crippen LogP contribution in [-0.2, 0) is 6.54 Å². The third kappa shape index (κ3) is 3.55. The van der Waals surface area contributed by atoms with Crippen molar-refractivity contribution in [1.82, 2.24) is 4.90 Å². The first-order valence-corrected chi connectivity index (χ1v) is 6.96. The van der Waals surface area contributed by atoms with E-state index < -0.39 is 5.67 Å². The van der Waals surface area contributed by atoms with Gasteiger partial charge in [-0.15, -0.1) is 0 Å². The number of nitrogens with zero attached hydrogens (tertiary/aromatic N) is 1. The maximum Gasteiger partial charge on any atom is 0.120 e. The first kappa shape index (κ1) is 13.5. The Morgan fingerprint density at radius 1 is 1.28 bits per heavy atom. The minimum absolute atomic E-state index is 0.568. The molecule has 2 heteroatoms. The second-order valence-corrected chi connectivity index (χ2v) is 6.12. The van der Waals surface area contributed by atoms with E-state index in [0.717, 1.165) is 19.5 Å². The molecule has 2 rings (SSSR count). The molecule has 1 aliphatic heterocycles. The highest BCUT2D eigenvalue weighted by molar-refractivity contribution is 5.24. The summed E-state index contributed by atoms with van der Waals surface area (Å²) in [5.74, 6) is 0.572. The van der Waals surface area contributed by atoms with E-state index >= 15 is 0 Å². The second-order valence-electron chi connectivity index (χ2n) is 6.12. The van der Waals surface area contributed by atoms with Crippen molar-refractivity contribution in [3.05, 3.63) is 35.4 Å². The molecule has 0 spiro atoms. The summed E-state index contributed by atoms with van der Waals surface area (Å²) in [6, 6.07) is 8.75. The summed E-state index contributed by atoms with van der Waals surface area (Å²) in [5, 5.41) is 0. The van der Waals surface area contributed by atoms with E-state index in [0.29, 0.717) is 18.9 Å². The summed E-state index contributed by atoms with van der Waals surface area (Å²) >= 11 is 0. The standard InChI is InChI=1S/C16H24FN/c1-13(2)15-7-5-14(6-8-15)11-18-10-4-9-16(3,17)12-18/h5-8,13H,4,9-12H2,1-3H3. The maximum atomic E-state index is 14.0. The fraction of sp³-hybridized carbons (Fsp3) is 0.625. The predicted molar refractivity (Wildman–Crippen MR) is 74.6 cm³/mol. The minimum atomic E-state index is -1.00. The van der Waals surface area contributed by atoms with Crippen molar-refractivity contribution in [1.29, 1.82) is 0 Å². The Morgan fingerprint density at radius 3 is 2.50 bits per heavy atom. The molecular formula is C16H24FN. The number of piperidine rings is 1. The largest absolute Gasteiger partial charge is 0.296 e. The Balaban J connectivity index is 1.97. The van der Waals surface area contributed by atoms with Crippen LogP contribution in [0.2, 0.25) is 0 Å². The van der Waals surface area contributed by atoms with Gasteiger partial charge in [0.15, 0.2) is 0 Å². The van der Waals surface area contributed by atoms with Gasteiger partial charge < -0.3 is 0 Å². The highest BCUT2D eigenvalue weighted by atomic mass is 19.1. The zero-order chi connectivity index (χ0) is 13.2. The van der Waals surface area contributed by atoms with Crippen LogP contribution in [0.4, 0.5) is 4.39 Å². The molecular weight excluding hydrogens is 225 g/mol. The van der Waals surface area contributed by atoms with Crippen LogP contribution in [0.3, 0.4) is 0 Å². The lowest BCUT2D eigenvalue weighted by Gasteiger charge is -2.35.